The molecule has 1 N–H and O–H groups in total. The fraction of sp³-hybridized carbons (Fsp3) is 0.286. The summed E-state index contributed by atoms with van der Waals surface area (Å²) in [6.45, 7) is 2.77. The van der Waals surface area contributed by atoms with Gasteiger partial charge in [-0.1, -0.05) is 35.5 Å². The van der Waals surface area contributed by atoms with Gasteiger partial charge in [-0.15, -0.1) is 0 Å². The summed E-state index contributed by atoms with van der Waals surface area (Å²) in [6.07, 6.45) is 0. The second-order valence-corrected chi connectivity index (χ2v) is 4.43. The lowest BCUT2D eigenvalue weighted by molar-refractivity contribution is 0.205. The molecule has 1 aromatic carbocycles. The summed E-state index contributed by atoms with van der Waals surface area (Å²) in [5.41, 5.74) is 1.82. The summed E-state index contributed by atoms with van der Waals surface area (Å²) in [5, 5.41) is 6.71. The zero-order valence-electron chi connectivity index (χ0n) is 11.1. The predicted molar refractivity (Wildman–Crippen MR) is 71.4 cm³/mol. The monoisotopic (exact) mass is 259 g/mol. The van der Waals surface area contributed by atoms with Gasteiger partial charge in [0.05, 0.1) is 6.54 Å². The normalized spacial score (nSPS) is 10.2. The number of nitrogens with zero attached hydrogens (tertiary/aromatic N) is 2. The topological polar surface area (TPSA) is 58.4 Å². The van der Waals surface area contributed by atoms with Gasteiger partial charge in [-0.25, -0.2) is 4.79 Å². The third-order valence-corrected chi connectivity index (χ3v) is 2.71. The minimum atomic E-state index is -0.135. The van der Waals surface area contributed by atoms with E-state index >= 15 is 0 Å². The Labute approximate surface area is 112 Å². The van der Waals surface area contributed by atoms with E-state index < -0.39 is 0 Å². The molecular formula is C14H17N3O2. The van der Waals surface area contributed by atoms with Crippen LogP contribution in [0.4, 0.5) is 4.79 Å². The van der Waals surface area contributed by atoms with E-state index in [1.165, 1.54) is 0 Å². The number of amides is 2. The maximum Gasteiger partial charge on any atom is 0.317 e. The Kier molecular flexibility index (Phi) is 4.18. The first kappa shape index (κ1) is 13.1. The average molecular weight is 259 g/mol. The Balaban J connectivity index is 1.82. The van der Waals surface area contributed by atoms with Crippen LogP contribution in [0.5, 0.6) is 0 Å². The lowest BCUT2D eigenvalue weighted by atomic mass is 10.2. The van der Waals surface area contributed by atoms with Gasteiger partial charge in [0.25, 0.3) is 0 Å². The largest absolute Gasteiger partial charge is 0.361 e. The van der Waals surface area contributed by atoms with Crippen LogP contribution < -0.4 is 5.32 Å². The fourth-order valence-electron chi connectivity index (χ4n) is 1.72. The Bertz CT molecular complexity index is 537. The van der Waals surface area contributed by atoms with Crippen molar-refractivity contribution in [3.8, 4) is 0 Å². The minimum absolute atomic E-state index is 0.135. The molecule has 0 bridgehead atoms. The number of rotatable bonds is 4. The van der Waals surface area contributed by atoms with Crippen LogP contribution in [0.2, 0.25) is 0 Å². The maximum atomic E-state index is 11.9. The molecule has 0 fully saturated rings. The number of urea groups is 1. The molecule has 100 valence electrons. The van der Waals surface area contributed by atoms with Crippen LogP contribution in [0.1, 0.15) is 17.0 Å². The van der Waals surface area contributed by atoms with Crippen molar-refractivity contribution in [2.75, 3.05) is 7.05 Å². The molecule has 0 aliphatic heterocycles. The number of carbonyl (C=O) groups excluding carboxylic acids is 1. The molecule has 2 amide bonds. The fourth-order valence-corrected chi connectivity index (χ4v) is 1.72. The van der Waals surface area contributed by atoms with Crippen LogP contribution in [-0.2, 0) is 13.1 Å². The maximum absolute atomic E-state index is 11.9. The van der Waals surface area contributed by atoms with Crippen LogP contribution >= 0.6 is 0 Å². The lowest BCUT2D eigenvalue weighted by Crippen LogP contribution is -2.36. The van der Waals surface area contributed by atoms with E-state index in [0.717, 1.165) is 17.0 Å². The van der Waals surface area contributed by atoms with Crippen molar-refractivity contribution in [3.63, 3.8) is 0 Å². The van der Waals surface area contributed by atoms with E-state index in [0.29, 0.717) is 13.1 Å². The van der Waals surface area contributed by atoms with Gasteiger partial charge in [0.2, 0.25) is 0 Å². The van der Waals surface area contributed by atoms with Crippen LogP contribution in [-0.4, -0.2) is 23.1 Å². The molecule has 0 radical (unpaired) electrons. The van der Waals surface area contributed by atoms with E-state index in [-0.39, 0.29) is 6.03 Å². The number of hydrogen-bond donors (Lipinski definition) is 1. The van der Waals surface area contributed by atoms with Gasteiger partial charge in [0.15, 0.2) is 0 Å². The van der Waals surface area contributed by atoms with Gasteiger partial charge in [-0.2, -0.15) is 0 Å². The quantitative estimate of drug-likeness (QED) is 0.916. The number of benzene rings is 1. The van der Waals surface area contributed by atoms with Gasteiger partial charge < -0.3 is 14.7 Å². The smallest absolute Gasteiger partial charge is 0.317 e. The standard InChI is InChI=1S/C14H17N3O2/c1-11-8-13(16-19-11)10-17(2)14(18)15-9-12-6-4-3-5-7-12/h3-8H,9-10H2,1-2H3,(H,15,18). The summed E-state index contributed by atoms with van der Waals surface area (Å²) < 4.78 is 4.97. The van der Waals surface area contributed by atoms with E-state index in [1.807, 2.05) is 43.3 Å². The summed E-state index contributed by atoms with van der Waals surface area (Å²) in [7, 11) is 1.73. The molecule has 0 spiro atoms. The van der Waals surface area contributed by atoms with Crippen molar-refractivity contribution in [2.24, 2.45) is 0 Å². The molecule has 0 unspecified atom stereocenters. The van der Waals surface area contributed by atoms with E-state index in [1.54, 1.807) is 11.9 Å². The first-order valence-corrected chi connectivity index (χ1v) is 6.10. The van der Waals surface area contributed by atoms with Gasteiger partial charge in [0, 0.05) is 19.7 Å². The van der Waals surface area contributed by atoms with Crippen molar-refractivity contribution in [1.82, 2.24) is 15.4 Å². The molecule has 5 nitrogen and oxygen atoms in total. The van der Waals surface area contributed by atoms with Crippen LogP contribution in [0.3, 0.4) is 0 Å². The molecule has 0 atom stereocenters. The molecule has 0 saturated heterocycles. The van der Waals surface area contributed by atoms with Gasteiger partial charge in [-0.05, 0) is 12.5 Å². The van der Waals surface area contributed by atoms with E-state index in [9.17, 15) is 4.79 Å². The van der Waals surface area contributed by atoms with Crippen molar-refractivity contribution < 1.29 is 9.32 Å². The third-order valence-electron chi connectivity index (χ3n) is 2.71. The molecule has 0 aliphatic carbocycles. The van der Waals surface area contributed by atoms with E-state index in [4.69, 9.17) is 4.52 Å². The zero-order valence-corrected chi connectivity index (χ0v) is 11.1. The van der Waals surface area contributed by atoms with Crippen molar-refractivity contribution in [2.45, 2.75) is 20.0 Å². The van der Waals surface area contributed by atoms with Crippen molar-refractivity contribution >= 4 is 6.03 Å². The predicted octanol–water partition coefficient (Wildman–Crippen LogP) is 2.32. The lowest BCUT2D eigenvalue weighted by Gasteiger charge is -2.16. The van der Waals surface area contributed by atoms with Crippen LogP contribution in [0.15, 0.2) is 40.9 Å². The Morgan fingerprint density at radius 1 is 1.37 bits per heavy atom. The molecule has 0 aliphatic rings. The molecule has 5 heteroatoms. The molecule has 1 aromatic heterocycles. The molecule has 1 heterocycles. The molecule has 2 rings (SSSR count). The highest BCUT2D eigenvalue weighted by molar-refractivity contribution is 5.73. The number of aryl methyl sites for hydroxylation is 1. The Hall–Kier alpha value is -2.30. The zero-order chi connectivity index (χ0) is 13.7. The van der Waals surface area contributed by atoms with Crippen LogP contribution in [0, 0.1) is 6.92 Å². The molecular weight excluding hydrogens is 242 g/mol. The second-order valence-electron chi connectivity index (χ2n) is 4.43. The number of hydrogen-bond acceptors (Lipinski definition) is 3. The highest BCUT2D eigenvalue weighted by Crippen LogP contribution is 2.05. The van der Waals surface area contributed by atoms with Gasteiger partial charge >= 0.3 is 6.03 Å². The highest BCUT2D eigenvalue weighted by atomic mass is 16.5. The van der Waals surface area contributed by atoms with Gasteiger partial charge in [0.1, 0.15) is 11.5 Å². The van der Waals surface area contributed by atoms with Crippen LogP contribution in [0.25, 0.3) is 0 Å². The second kappa shape index (κ2) is 6.04. The number of aromatic nitrogens is 1. The molecule has 19 heavy (non-hydrogen) atoms. The van der Waals surface area contributed by atoms with Gasteiger partial charge in [-0.3, -0.25) is 0 Å². The number of nitrogens with one attached hydrogen (secondary N) is 1. The third kappa shape index (κ3) is 3.84. The average Bonchev–Trinajstić information content (AvgIpc) is 2.82. The Morgan fingerprint density at radius 2 is 2.11 bits per heavy atom. The SMILES string of the molecule is Cc1cc(CN(C)C(=O)NCc2ccccc2)no1. The molecule has 2 aromatic rings. The van der Waals surface area contributed by atoms with Crippen molar-refractivity contribution in [3.05, 3.63) is 53.4 Å². The summed E-state index contributed by atoms with van der Waals surface area (Å²) in [4.78, 5) is 13.5. The minimum Gasteiger partial charge on any atom is -0.361 e. The summed E-state index contributed by atoms with van der Waals surface area (Å²) >= 11 is 0. The number of carbonyl (C=O) groups is 1. The highest BCUT2D eigenvalue weighted by Gasteiger charge is 2.10. The summed E-state index contributed by atoms with van der Waals surface area (Å²) in [5.74, 6) is 0.744. The van der Waals surface area contributed by atoms with Crippen molar-refractivity contribution in [1.29, 1.82) is 0 Å². The first-order valence-electron chi connectivity index (χ1n) is 6.10. The first-order chi connectivity index (χ1) is 9.15. The summed E-state index contributed by atoms with van der Waals surface area (Å²) in [6, 6.07) is 11.5. The van der Waals surface area contributed by atoms with E-state index in [2.05, 4.69) is 10.5 Å². The Morgan fingerprint density at radius 3 is 2.74 bits per heavy atom. The molecule has 0 saturated carbocycles.